The molecule has 2 aromatic rings. The predicted molar refractivity (Wildman–Crippen MR) is 106 cm³/mol. The van der Waals surface area contributed by atoms with Gasteiger partial charge in [-0.05, 0) is 58.7 Å². The van der Waals surface area contributed by atoms with Crippen molar-refractivity contribution in [1.82, 2.24) is 0 Å². The molecule has 134 valence electrons. The zero-order chi connectivity index (χ0) is 18.8. The molecule has 0 spiro atoms. The van der Waals surface area contributed by atoms with Crippen molar-refractivity contribution in [2.75, 3.05) is 22.4 Å². The number of carbonyl (C=O) groups is 1. The van der Waals surface area contributed by atoms with E-state index in [9.17, 15) is 13.2 Å². The molecule has 0 fully saturated rings. The number of nitrogens with zero attached hydrogens (tertiary/aromatic N) is 1. The van der Waals surface area contributed by atoms with E-state index in [0.29, 0.717) is 31.5 Å². The summed E-state index contributed by atoms with van der Waals surface area (Å²) in [7, 11) is -3.68. The Morgan fingerprint density at radius 3 is 2.48 bits per heavy atom. The Morgan fingerprint density at radius 2 is 1.88 bits per heavy atom. The predicted octanol–water partition coefficient (Wildman–Crippen LogP) is 4.47. The highest BCUT2D eigenvalue weighted by molar-refractivity contribution is 9.10. The van der Waals surface area contributed by atoms with Crippen LogP contribution >= 0.6 is 39.1 Å². The summed E-state index contributed by atoms with van der Waals surface area (Å²) in [5.41, 5.74) is 1.41. The minimum atomic E-state index is -3.68. The van der Waals surface area contributed by atoms with Gasteiger partial charge in [0.1, 0.15) is 6.54 Å². The summed E-state index contributed by atoms with van der Waals surface area (Å²) >= 11 is 15.3. The van der Waals surface area contributed by atoms with E-state index < -0.39 is 15.9 Å². The van der Waals surface area contributed by atoms with E-state index in [1.165, 1.54) is 0 Å². The van der Waals surface area contributed by atoms with Crippen LogP contribution in [0.15, 0.2) is 40.9 Å². The van der Waals surface area contributed by atoms with Crippen molar-refractivity contribution >= 4 is 66.4 Å². The zero-order valence-electron chi connectivity index (χ0n) is 13.4. The summed E-state index contributed by atoms with van der Waals surface area (Å²) in [5, 5.41) is 3.49. The average Bonchev–Trinajstić information content (AvgIpc) is 2.51. The Hall–Kier alpha value is -1.28. The fourth-order valence-electron chi connectivity index (χ4n) is 2.15. The van der Waals surface area contributed by atoms with E-state index in [2.05, 4.69) is 21.2 Å². The topological polar surface area (TPSA) is 66.5 Å². The molecule has 0 aliphatic heterocycles. The fourth-order valence-corrected chi connectivity index (χ4v) is 3.66. The first kappa shape index (κ1) is 20.0. The molecule has 2 rings (SSSR count). The molecular formula is C16H15BrCl2N2O3S. The highest BCUT2D eigenvalue weighted by atomic mass is 79.9. The number of halogens is 3. The van der Waals surface area contributed by atoms with E-state index in [-0.39, 0.29) is 6.54 Å². The van der Waals surface area contributed by atoms with Crippen LogP contribution in [0, 0.1) is 6.92 Å². The zero-order valence-corrected chi connectivity index (χ0v) is 17.3. The third kappa shape index (κ3) is 5.10. The second-order valence-corrected chi connectivity index (χ2v) is 8.91. The van der Waals surface area contributed by atoms with Gasteiger partial charge >= 0.3 is 0 Å². The van der Waals surface area contributed by atoms with Gasteiger partial charge in [0.25, 0.3) is 0 Å². The van der Waals surface area contributed by atoms with Crippen LogP contribution in [0.5, 0.6) is 0 Å². The summed E-state index contributed by atoms with van der Waals surface area (Å²) in [6.45, 7) is 1.32. The second kappa shape index (κ2) is 7.95. The van der Waals surface area contributed by atoms with Crippen molar-refractivity contribution in [1.29, 1.82) is 0 Å². The van der Waals surface area contributed by atoms with Crippen molar-refractivity contribution in [3.05, 3.63) is 56.5 Å². The highest BCUT2D eigenvalue weighted by Crippen LogP contribution is 2.28. The van der Waals surface area contributed by atoms with Gasteiger partial charge in [-0.2, -0.15) is 0 Å². The SMILES string of the molecule is Cc1c(Cl)cccc1N(CC(=O)Nc1ccc(Br)c(Cl)c1)S(C)(=O)=O. The standard InChI is InChI=1S/C16H15BrCl2N2O3S/c1-10-13(18)4-3-5-15(10)21(25(2,23)24)9-16(22)20-11-6-7-12(17)14(19)8-11/h3-8H,9H2,1-2H3,(H,20,22). The lowest BCUT2D eigenvalue weighted by Gasteiger charge is -2.24. The first-order valence-electron chi connectivity index (χ1n) is 7.07. The number of amides is 1. The molecule has 0 saturated heterocycles. The van der Waals surface area contributed by atoms with Gasteiger partial charge in [-0.25, -0.2) is 8.42 Å². The van der Waals surface area contributed by atoms with Gasteiger partial charge in [-0.1, -0.05) is 29.3 Å². The summed E-state index contributed by atoms with van der Waals surface area (Å²) < 4.78 is 26.0. The maximum atomic E-state index is 12.3. The molecule has 25 heavy (non-hydrogen) atoms. The number of hydrogen-bond donors (Lipinski definition) is 1. The molecule has 2 aromatic carbocycles. The maximum absolute atomic E-state index is 12.3. The maximum Gasteiger partial charge on any atom is 0.245 e. The molecule has 0 heterocycles. The molecule has 0 radical (unpaired) electrons. The van der Waals surface area contributed by atoms with Gasteiger partial charge in [0.05, 0.1) is 17.0 Å². The lowest BCUT2D eigenvalue weighted by atomic mass is 10.2. The Bertz CT molecular complexity index is 920. The number of hydrogen-bond acceptors (Lipinski definition) is 3. The fraction of sp³-hybridized carbons (Fsp3) is 0.188. The molecule has 0 saturated carbocycles. The Kier molecular flexibility index (Phi) is 6.37. The molecule has 0 aromatic heterocycles. The van der Waals surface area contributed by atoms with Gasteiger partial charge < -0.3 is 5.32 Å². The lowest BCUT2D eigenvalue weighted by Crippen LogP contribution is -2.37. The highest BCUT2D eigenvalue weighted by Gasteiger charge is 2.23. The van der Waals surface area contributed by atoms with E-state index in [0.717, 1.165) is 10.6 Å². The van der Waals surface area contributed by atoms with Gasteiger partial charge in [0.15, 0.2) is 0 Å². The Morgan fingerprint density at radius 1 is 1.20 bits per heavy atom. The molecule has 0 unspecified atom stereocenters. The number of anilines is 2. The summed E-state index contributed by atoms with van der Waals surface area (Å²) in [6.07, 6.45) is 1.04. The molecule has 0 aliphatic rings. The number of benzene rings is 2. The number of carbonyl (C=O) groups excluding carboxylic acids is 1. The second-order valence-electron chi connectivity index (χ2n) is 5.33. The molecule has 0 atom stereocenters. The number of sulfonamides is 1. The average molecular weight is 466 g/mol. The molecule has 1 amide bonds. The van der Waals surface area contributed by atoms with Crippen molar-refractivity contribution in [3.63, 3.8) is 0 Å². The van der Waals surface area contributed by atoms with Crippen molar-refractivity contribution in [3.8, 4) is 0 Å². The van der Waals surface area contributed by atoms with E-state index in [4.69, 9.17) is 23.2 Å². The third-order valence-electron chi connectivity index (χ3n) is 3.40. The Balaban J connectivity index is 2.27. The summed E-state index contributed by atoms with van der Waals surface area (Å²) in [6, 6.07) is 9.81. The van der Waals surface area contributed by atoms with Crippen LogP contribution < -0.4 is 9.62 Å². The van der Waals surface area contributed by atoms with Crippen LogP contribution in [0.4, 0.5) is 11.4 Å². The molecule has 5 nitrogen and oxygen atoms in total. The van der Waals surface area contributed by atoms with E-state index in [1.807, 2.05) is 0 Å². The molecule has 1 N–H and O–H groups in total. The van der Waals surface area contributed by atoms with Crippen LogP contribution in [0.2, 0.25) is 10.0 Å². The normalized spacial score (nSPS) is 11.2. The third-order valence-corrected chi connectivity index (χ3v) is 6.17. The molecule has 0 bridgehead atoms. The molecule has 9 heteroatoms. The quantitative estimate of drug-likeness (QED) is 0.708. The van der Waals surface area contributed by atoms with E-state index in [1.54, 1.807) is 43.3 Å². The van der Waals surface area contributed by atoms with Crippen LogP contribution in [0.3, 0.4) is 0 Å². The monoisotopic (exact) mass is 464 g/mol. The minimum Gasteiger partial charge on any atom is -0.324 e. The molecular weight excluding hydrogens is 451 g/mol. The first-order valence-corrected chi connectivity index (χ1v) is 10.5. The van der Waals surface area contributed by atoms with Crippen LogP contribution in [-0.2, 0) is 14.8 Å². The van der Waals surface area contributed by atoms with Crippen molar-refractivity contribution < 1.29 is 13.2 Å². The Labute approximate surface area is 165 Å². The van der Waals surface area contributed by atoms with Crippen LogP contribution in [0.25, 0.3) is 0 Å². The van der Waals surface area contributed by atoms with Crippen molar-refractivity contribution in [2.45, 2.75) is 6.92 Å². The summed E-state index contributed by atoms with van der Waals surface area (Å²) in [4.78, 5) is 12.3. The van der Waals surface area contributed by atoms with Gasteiger partial charge in [-0.3, -0.25) is 9.10 Å². The first-order chi connectivity index (χ1) is 11.6. The molecule has 0 aliphatic carbocycles. The minimum absolute atomic E-state index is 0.360. The van der Waals surface area contributed by atoms with Gasteiger partial charge in [-0.15, -0.1) is 0 Å². The van der Waals surface area contributed by atoms with Gasteiger partial charge in [0, 0.05) is 15.2 Å². The summed E-state index contributed by atoms with van der Waals surface area (Å²) in [5.74, 6) is -0.497. The lowest BCUT2D eigenvalue weighted by molar-refractivity contribution is -0.114. The van der Waals surface area contributed by atoms with Gasteiger partial charge in [0.2, 0.25) is 15.9 Å². The number of rotatable bonds is 5. The van der Waals surface area contributed by atoms with Crippen LogP contribution in [0.1, 0.15) is 5.56 Å². The van der Waals surface area contributed by atoms with Crippen LogP contribution in [-0.4, -0.2) is 27.1 Å². The number of nitrogens with one attached hydrogen (secondary N) is 1. The van der Waals surface area contributed by atoms with E-state index >= 15 is 0 Å². The smallest absolute Gasteiger partial charge is 0.245 e. The van der Waals surface area contributed by atoms with Crippen molar-refractivity contribution in [2.24, 2.45) is 0 Å². The largest absolute Gasteiger partial charge is 0.324 e.